The number of halogens is 4. The summed E-state index contributed by atoms with van der Waals surface area (Å²) in [6.45, 7) is 0. The van der Waals surface area contributed by atoms with Gasteiger partial charge in [-0.15, -0.1) is 0 Å². The predicted octanol–water partition coefficient (Wildman–Crippen LogP) is 5.21. The Kier molecular flexibility index (Phi) is 4.60. The van der Waals surface area contributed by atoms with Crippen LogP contribution in [-0.4, -0.2) is 4.98 Å². The molecule has 0 aliphatic carbocycles. The van der Waals surface area contributed by atoms with Crippen molar-refractivity contribution < 1.29 is 4.39 Å². The SMILES string of the molecule is Fc1cccc(C(Br)Cc2ccncc2Cl)c1Cl. The van der Waals surface area contributed by atoms with E-state index >= 15 is 0 Å². The predicted molar refractivity (Wildman–Crippen MR) is 76.0 cm³/mol. The van der Waals surface area contributed by atoms with E-state index in [0.717, 1.165) is 5.56 Å². The van der Waals surface area contributed by atoms with E-state index in [1.54, 1.807) is 24.5 Å². The molecule has 1 atom stereocenters. The normalized spacial score (nSPS) is 12.4. The van der Waals surface area contributed by atoms with Crippen LogP contribution in [-0.2, 0) is 6.42 Å². The summed E-state index contributed by atoms with van der Waals surface area (Å²) in [5, 5.41) is 0.735. The molecule has 0 amide bonds. The molecule has 0 fully saturated rings. The fraction of sp³-hybridized carbons (Fsp3) is 0.154. The van der Waals surface area contributed by atoms with Crippen LogP contribution in [0.1, 0.15) is 16.0 Å². The summed E-state index contributed by atoms with van der Waals surface area (Å²) < 4.78 is 13.4. The summed E-state index contributed by atoms with van der Waals surface area (Å²) in [5.74, 6) is -0.417. The number of aromatic nitrogens is 1. The summed E-state index contributed by atoms with van der Waals surface area (Å²) in [7, 11) is 0. The zero-order valence-corrected chi connectivity index (χ0v) is 12.3. The number of alkyl halides is 1. The van der Waals surface area contributed by atoms with Crippen molar-refractivity contribution in [1.82, 2.24) is 4.98 Å². The Labute approximate surface area is 123 Å². The van der Waals surface area contributed by atoms with Crippen LogP contribution in [0.2, 0.25) is 10.0 Å². The van der Waals surface area contributed by atoms with Crippen LogP contribution in [0, 0.1) is 5.82 Å². The molecule has 1 aromatic carbocycles. The number of nitrogens with zero attached hydrogens (tertiary/aromatic N) is 1. The number of pyridine rings is 1. The van der Waals surface area contributed by atoms with Gasteiger partial charge in [0.1, 0.15) is 5.82 Å². The highest BCUT2D eigenvalue weighted by Gasteiger charge is 2.15. The van der Waals surface area contributed by atoms with Gasteiger partial charge in [0, 0.05) is 17.2 Å². The van der Waals surface area contributed by atoms with Gasteiger partial charge in [-0.1, -0.05) is 51.3 Å². The lowest BCUT2D eigenvalue weighted by molar-refractivity contribution is 0.625. The molecule has 18 heavy (non-hydrogen) atoms. The first-order valence-corrected chi connectivity index (χ1v) is 6.93. The smallest absolute Gasteiger partial charge is 0.142 e. The molecule has 1 unspecified atom stereocenters. The lowest BCUT2D eigenvalue weighted by Crippen LogP contribution is -1.98. The lowest BCUT2D eigenvalue weighted by Gasteiger charge is -2.13. The van der Waals surface area contributed by atoms with Crippen LogP contribution < -0.4 is 0 Å². The summed E-state index contributed by atoms with van der Waals surface area (Å²) in [4.78, 5) is 3.83. The van der Waals surface area contributed by atoms with E-state index in [0.29, 0.717) is 17.0 Å². The maximum absolute atomic E-state index is 13.4. The molecule has 1 aromatic heterocycles. The minimum absolute atomic E-state index is 0.0967. The topological polar surface area (TPSA) is 12.9 Å². The van der Waals surface area contributed by atoms with Crippen molar-refractivity contribution in [2.45, 2.75) is 11.2 Å². The number of benzene rings is 1. The zero-order chi connectivity index (χ0) is 13.1. The first-order chi connectivity index (χ1) is 8.59. The molecule has 0 saturated carbocycles. The molecule has 0 radical (unpaired) electrons. The van der Waals surface area contributed by atoms with Crippen LogP contribution in [0.15, 0.2) is 36.7 Å². The second kappa shape index (κ2) is 6.00. The molecule has 0 aliphatic heterocycles. The van der Waals surface area contributed by atoms with Crippen LogP contribution in [0.5, 0.6) is 0 Å². The molecule has 0 bridgehead atoms. The van der Waals surface area contributed by atoms with Gasteiger partial charge in [-0.05, 0) is 29.7 Å². The molecular formula is C13H9BrCl2FN. The van der Waals surface area contributed by atoms with E-state index < -0.39 is 5.82 Å². The monoisotopic (exact) mass is 347 g/mol. The van der Waals surface area contributed by atoms with Gasteiger partial charge in [0.05, 0.1) is 10.0 Å². The second-order valence-corrected chi connectivity index (χ2v) is 5.67. The molecule has 2 aromatic rings. The Morgan fingerprint density at radius 2 is 2.06 bits per heavy atom. The van der Waals surface area contributed by atoms with Gasteiger partial charge >= 0.3 is 0 Å². The van der Waals surface area contributed by atoms with E-state index in [4.69, 9.17) is 23.2 Å². The van der Waals surface area contributed by atoms with Crippen molar-refractivity contribution in [3.63, 3.8) is 0 Å². The van der Waals surface area contributed by atoms with Crippen molar-refractivity contribution in [2.24, 2.45) is 0 Å². The summed E-state index contributed by atoms with van der Waals surface area (Å²) in [6.07, 6.45) is 3.88. The van der Waals surface area contributed by atoms with Gasteiger partial charge < -0.3 is 0 Å². The molecule has 1 nitrogen and oxygen atoms in total. The van der Waals surface area contributed by atoms with Gasteiger partial charge in [0.25, 0.3) is 0 Å². The van der Waals surface area contributed by atoms with Crippen molar-refractivity contribution >= 4 is 39.1 Å². The standard InChI is InChI=1S/C13H9BrCl2FN/c14-10(6-8-4-5-18-7-11(8)15)9-2-1-3-12(17)13(9)16/h1-5,7,10H,6H2. The maximum Gasteiger partial charge on any atom is 0.142 e. The maximum atomic E-state index is 13.4. The second-order valence-electron chi connectivity index (χ2n) is 3.78. The highest BCUT2D eigenvalue weighted by atomic mass is 79.9. The number of hydrogen-bond acceptors (Lipinski definition) is 1. The largest absolute Gasteiger partial charge is 0.263 e. The third kappa shape index (κ3) is 3.02. The Hall–Kier alpha value is -0.640. The summed E-state index contributed by atoms with van der Waals surface area (Å²) in [5.41, 5.74) is 1.65. The fourth-order valence-electron chi connectivity index (χ4n) is 1.63. The minimum Gasteiger partial charge on any atom is -0.263 e. The Balaban J connectivity index is 2.25. The van der Waals surface area contributed by atoms with E-state index in [9.17, 15) is 4.39 Å². The highest BCUT2D eigenvalue weighted by Crippen LogP contribution is 2.34. The highest BCUT2D eigenvalue weighted by molar-refractivity contribution is 9.09. The van der Waals surface area contributed by atoms with Crippen LogP contribution in [0.3, 0.4) is 0 Å². The quantitative estimate of drug-likeness (QED) is 0.694. The molecule has 0 aliphatic rings. The molecule has 0 spiro atoms. The van der Waals surface area contributed by atoms with Gasteiger partial charge in [-0.25, -0.2) is 4.39 Å². The molecule has 0 saturated heterocycles. The minimum atomic E-state index is -0.417. The van der Waals surface area contributed by atoms with Gasteiger partial charge in [-0.3, -0.25) is 4.98 Å². The average Bonchev–Trinajstić information content (AvgIpc) is 2.35. The number of hydrogen-bond donors (Lipinski definition) is 0. The van der Waals surface area contributed by atoms with Gasteiger partial charge in [-0.2, -0.15) is 0 Å². The first kappa shape index (κ1) is 13.8. The summed E-state index contributed by atoms with van der Waals surface area (Å²) in [6, 6.07) is 6.60. The van der Waals surface area contributed by atoms with Crippen LogP contribution >= 0.6 is 39.1 Å². The fourth-order valence-corrected chi connectivity index (χ4v) is 2.95. The van der Waals surface area contributed by atoms with E-state index in [1.165, 1.54) is 6.07 Å². The summed E-state index contributed by atoms with van der Waals surface area (Å²) >= 11 is 15.5. The van der Waals surface area contributed by atoms with Gasteiger partial charge in [0.2, 0.25) is 0 Å². The van der Waals surface area contributed by atoms with Crippen molar-refractivity contribution in [1.29, 1.82) is 0 Å². The van der Waals surface area contributed by atoms with Crippen molar-refractivity contribution in [3.05, 3.63) is 63.6 Å². The Morgan fingerprint density at radius 3 is 2.78 bits per heavy atom. The molecular weight excluding hydrogens is 340 g/mol. The van der Waals surface area contributed by atoms with Gasteiger partial charge in [0.15, 0.2) is 0 Å². The molecule has 94 valence electrons. The Bertz CT molecular complexity index is 562. The molecule has 2 rings (SSSR count). The molecule has 1 heterocycles. The van der Waals surface area contributed by atoms with Crippen molar-refractivity contribution in [3.8, 4) is 0 Å². The van der Waals surface area contributed by atoms with E-state index in [1.807, 2.05) is 6.07 Å². The average molecular weight is 349 g/mol. The lowest BCUT2D eigenvalue weighted by atomic mass is 10.1. The number of rotatable bonds is 3. The third-order valence-electron chi connectivity index (χ3n) is 2.57. The van der Waals surface area contributed by atoms with E-state index in [-0.39, 0.29) is 9.85 Å². The third-order valence-corrected chi connectivity index (χ3v) is 4.13. The van der Waals surface area contributed by atoms with Crippen LogP contribution in [0.25, 0.3) is 0 Å². The van der Waals surface area contributed by atoms with E-state index in [2.05, 4.69) is 20.9 Å². The first-order valence-electron chi connectivity index (χ1n) is 5.26. The molecule has 0 N–H and O–H groups in total. The van der Waals surface area contributed by atoms with Crippen LogP contribution in [0.4, 0.5) is 4.39 Å². The van der Waals surface area contributed by atoms with Crippen molar-refractivity contribution in [2.75, 3.05) is 0 Å². The Morgan fingerprint density at radius 1 is 1.28 bits per heavy atom. The molecule has 5 heteroatoms. The zero-order valence-electron chi connectivity index (χ0n) is 9.21.